The van der Waals surface area contributed by atoms with Gasteiger partial charge in [0, 0.05) is 6.54 Å². The van der Waals surface area contributed by atoms with Gasteiger partial charge in [0.05, 0.1) is 25.9 Å². The molecule has 0 heterocycles. The Kier molecular flexibility index (Phi) is 7.71. The van der Waals surface area contributed by atoms with Crippen molar-refractivity contribution in [3.05, 3.63) is 12.7 Å². The minimum Gasteiger partial charge on any atom is -0.389 e. The summed E-state index contributed by atoms with van der Waals surface area (Å²) in [4.78, 5) is 0. The van der Waals surface area contributed by atoms with E-state index in [0.29, 0.717) is 26.3 Å². The highest BCUT2D eigenvalue weighted by Gasteiger charge is 2.01. The van der Waals surface area contributed by atoms with Crippen molar-refractivity contribution >= 4 is 0 Å². The normalized spacial score (nSPS) is 12.0. The SMILES string of the molecule is C#CCNCC(O)COCC=C. The van der Waals surface area contributed by atoms with E-state index in [4.69, 9.17) is 11.2 Å². The standard InChI is InChI=1S/C9H15NO2/c1-3-5-10-7-9(11)8-12-6-4-2/h1,4,9-11H,2,5-8H2. The number of aliphatic hydroxyl groups excluding tert-OH is 1. The van der Waals surface area contributed by atoms with Crippen LogP contribution in [-0.2, 0) is 4.74 Å². The van der Waals surface area contributed by atoms with Gasteiger partial charge in [-0.1, -0.05) is 12.0 Å². The smallest absolute Gasteiger partial charge is 0.0898 e. The van der Waals surface area contributed by atoms with Gasteiger partial charge in [-0.3, -0.25) is 0 Å². The molecule has 0 aromatic rings. The minimum atomic E-state index is -0.502. The molecule has 0 spiro atoms. The van der Waals surface area contributed by atoms with E-state index in [-0.39, 0.29) is 0 Å². The average molecular weight is 169 g/mol. The Morgan fingerprint density at radius 2 is 2.50 bits per heavy atom. The van der Waals surface area contributed by atoms with E-state index in [1.54, 1.807) is 6.08 Å². The molecule has 0 aromatic carbocycles. The molecule has 0 saturated heterocycles. The third-order valence-corrected chi connectivity index (χ3v) is 1.15. The number of aliphatic hydroxyl groups is 1. The zero-order valence-electron chi connectivity index (χ0n) is 7.12. The summed E-state index contributed by atoms with van der Waals surface area (Å²) < 4.78 is 5.02. The van der Waals surface area contributed by atoms with E-state index in [0.717, 1.165) is 0 Å². The molecule has 0 bridgehead atoms. The van der Waals surface area contributed by atoms with E-state index in [9.17, 15) is 5.11 Å². The first kappa shape index (κ1) is 11.2. The molecule has 1 atom stereocenters. The van der Waals surface area contributed by atoms with Crippen LogP contribution in [0.2, 0.25) is 0 Å². The fourth-order valence-electron chi connectivity index (χ4n) is 0.657. The lowest BCUT2D eigenvalue weighted by Gasteiger charge is -2.09. The molecule has 2 N–H and O–H groups in total. The molecular weight excluding hydrogens is 154 g/mol. The predicted octanol–water partition coefficient (Wildman–Crippen LogP) is -0.227. The van der Waals surface area contributed by atoms with E-state index < -0.39 is 6.10 Å². The van der Waals surface area contributed by atoms with Gasteiger partial charge < -0.3 is 15.2 Å². The van der Waals surface area contributed by atoms with Crippen molar-refractivity contribution in [2.75, 3.05) is 26.3 Å². The number of hydrogen-bond acceptors (Lipinski definition) is 3. The monoisotopic (exact) mass is 169 g/mol. The molecule has 68 valence electrons. The first-order valence-corrected chi connectivity index (χ1v) is 3.82. The molecule has 0 saturated carbocycles. The van der Waals surface area contributed by atoms with Crippen LogP contribution in [0, 0.1) is 12.3 Å². The van der Waals surface area contributed by atoms with Crippen molar-refractivity contribution in [3.63, 3.8) is 0 Å². The molecule has 0 aliphatic heterocycles. The number of rotatable bonds is 7. The summed E-state index contributed by atoms with van der Waals surface area (Å²) >= 11 is 0. The molecule has 0 fully saturated rings. The Bertz CT molecular complexity index is 151. The van der Waals surface area contributed by atoms with Crippen LogP contribution in [-0.4, -0.2) is 37.5 Å². The summed E-state index contributed by atoms with van der Waals surface area (Å²) in [6.45, 7) is 5.19. The Hall–Kier alpha value is -0.820. The summed E-state index contributed by atoms with van der Waals surface area (Å²) in [5.74, 6) is 2.41. The quantitative estimate of drug-likeness (QED) is 0.314. The average Bonchev–Trinajstić information content (AvgIpc) is 2.06. The Morgan fingerprint density at radius 1 is 1.75 bits per heavy atom. The zero-order chi connectivity index (χ0) is 9.23. The van der Waals surface area contributed by atoms with Crippen molar-refractivity contribution in [2.45, 2.75) is 6.10 Å². The number of nitrogens with one attached hydrogen (secondary N) is 1. The Morgan fingerprint density at radius 3 is 3.08 bits per heavy atom. The van der Waals surface area contributed by atoms with Crippen LogP contribution >= 0.6 is 0 Å². The van der Waals surface area contributed by atoms with Gasteiger partial charge in [-0.05, 0) is 0 Å². The lowest BCUT2D eigenvalue weighted by molar-refractivity contribution is 0.0501. The fourth-order valence-corrected chi connectivity index (χ4v) is 0.657. The van der Waals surface area contributed by atoms with Crippen molar-refractivity contribution in [3.8, 4) is 12.3 Å². The molecule has 12 heavy (non-hydrogen) atoms. The van der Waals surface area contributed by atoms with E-state index in [1.165, 1.54) is 0 Å². The van der Waals surface area contributed by atoms with Crippen LogP contribution in [0.3, 0.4) is 0 Å². The Labute approximate surface area is 73.4 Å². The summed E-state index contributed by atoms with van der Waals surface area (Å²) in [5.41, 5.74) is 0. The van der Waals surface area contributed by atoms with Crippen LogP contribution in [0.5, 0.6) is 0 Å². The number of ether oxygens (including phenoxy) is 1. The molecule has 0 aliphatic carbocycles. The maximum atomic E-state index is 9.21. The van der Waals surface area contributed by atoms with Gasteiger partial charge in [0.1, 0.15) is 0 Å². The molecular formula is C9H15NO2. The van der Waals surface area contributed by atoms with Gasteiger partial charge in [0.2, 0.25) is 0 Å². The second kappa shape index (κ2) is 8.28. The molecule has 0 rings (SSSR count). The maximum Gasteiger partial charge on any atom is 0.0898 e. The highest BCUT2D eigenvalue weighted by atomic mass is 16.5. The number of terminal acetylenes is 1. The van der Waals surface area contributed by atoms with Crippen molar-refractivity contribution < 1.29 is 9.84 Å². The molecule has 0 aliphatic rings. The van der Waals surface area contributed by atoms with Gasteiger partial charge in [-0.15, -0.1) is 13.0 Å². The summed E-state index contributed by atoms with van der Waals surface area (Å²) in [7, 11) is 0. The summed E-state index contributed by atoms with van der Waals surface area (Å²) in [6, 6.07) is 0. The van der Waals surface area contributed by atoms with Crippen LogP contribution in [0.25, 0.3) is 0 Å². The predicted molar refractivity (Wildman–Crippen MR) is 48.7 cm³/mol. The van der Waals surface area contributed by atoms with E-state index >= 15 is 0 Å². The largest absolute Gasteiger partial charge is 0.389 e. The topological polar surface area (TPSA) is 41.5 Å². The first-order valence-electron chi connectivity index (χ1n) is 3.82. The van der Waals surface area contributed by atoms with Gasteiger partial charge in [0.15, 0.2) is 0 Å². The van der Waals surface area contributed by atoms with Gasteiger partial charge >= 0.3 is 0 Å². The first-order chi connectivity index (χ1) is 5.81. The highest BCUT2D eigenvalue weighted by Crippen LogP contribution is 1.83. The Balaban J connectivity index is 3.16. The fraction of sp³-hybridized carbons (Fsp3) is 0.556. The number of hydrogen-bond donors (Lipinski definition) is 2. The van der Waals surface area contributed by atoms with Gasteiger partial charge in [-0.25, -0.2) is 0 Å². The third kappa shape index (κ3) is 7.29. The van der Waals surface area contributed by atoms with Crippen molar-refractivity contribution in [1.29, 1.82) is 0 Å². The van der Waals surface area contributed by atoms with E-state index in [1.807, 2.05) is 0 Å². The van der Waals surface area contributed by atoms with Crippen LogP contribution in [0.15, 0.2) is 12.7 Å². The molecule has 0 radical (unpaired) electrons. The van der Waals surface area contributed by atoms with Crippen LogP contribution in [0.1, 0.15) is 0 Å². The van der Waals surface area contributed by atoms with Crippen LogP contribution in [0.4, 0.5) is 0 Å². The van der Waals surface area contributed by atoms with Crippen LogP contribution < -0.4 is 5.32 Å². The lowest BCUT2D eigenvalue weighted by Crippen LogP contribution is -2.30. The van der Waals surface area contributed by atoms with Gasteiger partial charge in [0.25, 0.3) is 0 Å². The molecule has 0 aromatic heterocycles. The molecule has 3 nitrogen and oxygen atoms in total. The minimum absolute atomic E-state index is 0.309. The molecule has 0 amide bonds. The molecule has 1 unspecified atom stereocenters. The lowest BCUT2D eigenvalue weighted by atomic mass is 10.4. The maximum absolute atomic E-state index is 9.21. The summed E-state index contributed by atoms with van der Waals surface area (Å²) in [5, 5.41) is 12.1. The summed E-state index contributed by atoms with van der Waals surface area (Å²) in [6.07, 6.45) is 6.14. The van der Waals surface area contributed by atoms with Crippen molar-refractivity contribution in [2.24, 2.45) is 0 Å². The van der Waals surface area contributed by atoms with Gasteiger partial charge in [-0.2, -0.15) is 0 Å². The van der Waals surface area contributed by atoms with E-state index in [2.05, 4.69) is 17.8 Å². The highest BCUT2D eigenvalue weighted by molar-refractivity contribution is 4.86. The second-order valence-electron chi connectivity index (χ2n) is 2.31. The zero-order valence-corrected chi connectivity index (χ0v) is 7.12. The second-order valence-corrected chi connectivity index (χ2v) is 2.31. The molecule has 3 heteroatoms. The third-order valence-electron chi connectivity index (χ3n) is 1.15. The van der Waals surface area contributed by atoms with Crippen molar-refractivity contribution in [1.82, 2.24) is 5.32 Å².